The second-order valence-electron chi connectivity index (χ2n) is 8.57. The molecule has 2 N–H and O–H groups in total. The second kappa shape index (κ2) is 12.4. The number of para-hydroxylation sites is 1. The summed E-state index contributed by atoms with van der Waals surface area (Å²) >= 11 is 0. The molecule has 0 bridgehead atoms. The number of benzene rings is 3. The van der Waals surface area contributed by atoms with E-state index in [1.165, 1.54) is 23.0 Å². The van der Waals surface area contributed by atoms with Gasteiger partial charge in [-0.05, 0) is 60.5 Å². The summed E-state index contributed by atoms with van der Waals surface area (Å²) in [4.78, 5) is 17.0. The van der Waals surface area contributed by atoms with Crippen molar-refractivity contribution in [3.8, 4) is 22.8 Å². The van der Waals surface area contributed by atoms with Gasteiger partial charge in [0.15, 0.2) is 9.84 Å². The Morgan fingerprint density at radius 1 is 1.00 bits per heavy atom. The minimum Gasteiger partial charge on any atom is -0.494 e. The zero-order valence-electron chi connectivity index (χ0n) is 20.9. The molecule has 198 valence electrons. The first-order valence-electron chi connectivity index (χ1n) is 12.0. The molecule has 1 aromatic heterocycles. The van der Waals surface area contributed by atoms with Crippen molar-refractivity contribution >= 4 is 15.9 Å². The van der Waals surface area contributed by atoms with E-state index in [1.54, 1.807) is 30.5 Å². The molecule has 0 aliphatic carbocycles. The molecule has 0 fully saturated rings. The summed E-state index contributed by atoms with van der Waals surface area (Å²) in [6.45, 7) is 0.684. The van der Waals surface area contributed by atoms with E-state index in [9.17, 15) is 18.3 Å². The van der Waals surface area contributed by atoms with E-state index in [4.69, 9.17) is 9.47 Å². The van der Waals surface area contributed by atoms with Crippen LogP contribution in [0.4, 0.5) is 4.79 Å². The number of rotatable bonds is 11. The standard InChI is InChI=1S/C28H29N3O6S/c1-38(34,35)25-14-10-22(11-15-25)27(19-32)37-24-12-8-21(9-13-24)26-18-31(20-30-26)28(33)29-16-5-17-36-23-6-3-2-4-7-23/h2-4,6-15,18,20,27,32H,5,16-17,19H2,1H3,(H,29,33). The highest BCUT2D eigenvalue weighted by atomic mass is 32.2. The summed E-state index contributed by atoms with van der Waals surface area (Å²) in [6.07, 6.45) is 4.25. The predicted octanol–water partition coefficient (Wildman–Crippen LogP) is 4.09. The van der Waals surface area contributed by atoms with Crippen molar-refractivity contribution in [1.29, 1.82) is 0 Å². The minimum absolute atomic E-state index is 0.201. The number of imidazole rings is 1. The maximum absolute atomic E-state index is 12.4. The van der Waals surface area contributed by atoms with Gasteiger partial charge in [0.2, 0.25) is 0 Å². The molecular formula is C28H29N3O6S. The van der Waals surface area contributed by atoms with Crippen LogP contribution in [0.2, 0.25) is 0 Å². The summed E-state index contributed by atoms with van der Waals surface area (Å²) in [5.41, 5.74) is 2.06. The van der Waals surface area contributed by atoms with Crippen LogP contribution in [0.15, 0.2) is 96.3 Å². The van der Waals surface area contributed by atoms with Gasteiger partial charge in [0, 0.05) is 24.6 Å². The van der Waals surface area contributed by atoms with Gasteiger partial charge in [-0.25, -0.2) is 18.2 Å². The number of amides is 1. The van der Waals surface area contributed by atoms with Gasteiger partial charge >= 0.3 is 6.03 Å². The lowest BCUT2D eigenvalue weighted by molar-refractivity contribution is 0.116. The Balaban J connectivity index is 1.29. The normalized spacial score (nSPS) is 12.1. The van der Waals surface area contributed by atoms with E-state index in [-0.39, 0.29) is 17.5 Å². The van der Waals surface area contributed by atoms with Crippen LogP contribution in [0.3, 0.4) is 0 Å². The Kier molecular flexibility index (Phi) is 8.77. The summed E-state index contributed by atoms with van der Waals surface area (Å²) in [6, 6.07) is 22.6. The van der Waals surface area contributed by atoms with Gasteiger partial charge in [0.1, 0.15) is 23.9 Å². The topological polar surface area (TPSA) is 120 Å². The number of nitrogens with one attached hydrogen (secondary N) is 1. The highest BCUT2D eigenvalue weighted by Gasteiger charge is 2.15. The lowest BCUT2D eigenvalue weighted by atomic mass is 10.1. The number of carbonyl (C=O) groups is 1. The number of hydrogen-bond donors (Lipinski definition) is 2. The van der Waals surface area contributed by atoms with E-state index in [0.717, 1.165) is 17.6 Å². The number of aliphatic hydroxyl groups is 1. The maximum atomic E-state index is 12.4. The predicted molar refractivity (Wildman–Crippen MR) is 143 cm³/mol. The molecule has 10 heteroatoms. The number of aliphatic hydroxyl groups excluding tert-OH is 1. The molecule has 4 aromatic rings. The molecule has 1 atom stereocenters. The SMILES string of the molecule is CS(=O)(=O)c1ccc(C(CO)Oc2ccc(-c3cn(C(=O)NCCCOc4ccccc4)cn3)cc2)cc1. The highest BCUT2D eigenvalue weighted by Crippen LogP contribution is 2.26. The van der Waals surface area contributed by atoms with Crippen molar-refractivity contribution in [2.75, 3.05) is 26.0 Å². The molecule has 0 saturated heterocycles. The number of ether oxygens (including phenoxy) is 2. The zero-order chi connectivity index (χ0) is 27.0. The molecule has 9 nitrogen and oxygen atoms in total. The molecule has 0 aliphatic rings. The zero-order valence-corrected chi connectivity index (χ0v) is 21.7. The molecule has 1 heterocycles. The van der Waals surface area contributed by atoms with Crippen LogP contribution in [-0.4, -0.2) is 55.1 Å². The quantitative estimate of drug-likeness (QED) is 0.278. The average Bonchev–Trinajstić information content (AvgIpc) is 3.43. The summed E-state index contributed by atoms with van der Waals surface area (Å²) < 4.78 is 36.2. The Morgan fingerprint density at radius 3 is 2.37 bits per heavy atom. The fourth-order valence-corrected chi connectivity index (χ4v) is 4.29. The summed E-state index contributed by atoms with van der Waals surface area (Å²) in [5.74, 6) is 1.32. The van der Waals surface area contributed by atoms with Gasteiger partial charge < -0.3 is 19.9 Å². The number of sulfone groups is 1. The van der Waals surface area contributed by atoms with Crippen LogP contribution in [0.5, 0.6) is 11.5 Å². The summed E-state index contributed by atoms with van der Waals surface area (Å²) in [5, 5.41) is 12.6. The maximum Gasteiger partial charge on any atom is 0.326 e. The fourth-order valence-electron chi connectivity index (χ4n) is 3.66. The lowest BCUT2D eigenvalue weighted by Crippen LogP contribution is -2.29. The molecule has 0 aliphatic heterocycles. The fraction of sp³-hybridized carbons (Fsp3) is 0.214. The Bertz CT molecular complexity index is 1440. The van der Waals surface area contributed by atoms with Crippen molar-refractivity contribution in [2.45, 2.75) is 17.4 Å². The molecule has 3 aromatic carbocycles. The molecule has 4 rings (SSSR count). The van der Waals surface area contributed by atoms with Gasteiger partial charge in [0.05, 0.1) is 23.8 Å². The van der Waals surface area contributed by atoms with E-state index < -0.39 is 15.9 Å². The lowest BCUT2D eigenvalue weighted by Gasteiger charge is -2.18. The smallest absolute Gasteiger partial charge is 0.326 e. The number of nitrogens with zero attached hydrogens (tertiary/aromatic N) is 2. The van der Waals surface area contributed by atoms with E-state index >= 15 is 0 Å². The first kappa shape index (κ1) is 26.9. The summed E-state index contributed by atoms with van der Waals surface area (Å²) in [7, 11) is -3.30. The van der Waals surface area contributed by atoms with Gasteiger partial charge in [-0.1, -0.05) is 30.3 Å². The van der Waals surface area contributed by atoms with Crippen LogP contribution in [0, 0.1) is 0 Å². The molecular weight excluding hydrogens is 506 g/mol. The molecule has 1 unspecified atom stereocenters. The van der Waals surface area contributed by atoms with E-state index in [0.29, 0.717) is 36.6 Å². The van der Waals surface area contributed by atoms with Crippen LogP contribution in [0.25, 0.3) is 11.3 Å². The highest BCUT2D eigenvalue weighted by molar-refractivity contribution is 7.90. The Morgan fingerprint density at radius 2 is 1.71 bits per heavy atom. The third-order valence-corrected chi connectivity index (χ3v) is 6.83. The number of carbonyl (C=O) groups excluding carboxylic acids is 1. The van der Waals surface area contributed by atoms with Crippen molar-refractivity contribution < 1.29 is 27.8 Å². The first-order valence-corrected chi connectivity index (χ1v) is 13.9. The Labute approximate surface area is 221 Å². The number of hydrogen-bond acceptors (Lipinski definition) is 7. The van der Waals surface area contributed by atoms with Crippen LogP contribution >= 0.6 is 0 Å². The number of aromatic nitrogens is 2. The second-order valence-corrected chi connectivity index (χ2v) is 10.6. The van der Waals surface area contributed by atoms with Gasteiger partial charge in [-0.2, -0.15) is 0 Å². The first-order chi connectivity index (χ1) is 18.3. The Hall–Kier alpha value is -4.15. The van der Waals surface area contributed by atoms with Crippen molar-refractivity contribution in [2.24, 2.45) is 0 Å². The molecule has 0 radical (unpaired) electrons. The van der Waals surface area contributed by atoms with Gasteiger partial charge in [0.25, 0.3) is 0 Å². The van der Waals surface area contributed by atoms with Gasteiger partial charge in [-0.15, -0.1) is 0 Å². The van der Waals surface area contributed by atoms with Crippen molar-refractivity contribution in [3.63, 3.8) is 0 Å². The van der Waals surface area contributed by atoms with Crippen molar-refractivity contribution in [3.05, 3.63) is 97.0 Å². The monoisotopic (exact) mass is 535 g/mol. The molecule has 0 saturated carbocycles. The van der Waals surface area contributed by atoms with Crippen molar-refractivity contribution in [1.82, 2.24) is 14.9 Å². The molecule has 38 heavy (non-hydrogen) atoms. The third-order valence-electron chi connectivity index (χ3n) is 5.70. The molecule has 1 amide bonds. The minimum atomic E-state index is -3.30. The third kappa shape index (κ3) is 7.21. The van der Waals surface area contributed by atoms with E-state index in [2.05, 4.69) is 10.3 Å². The van der Waals surface area contributed by atoms with Crippen LogP contribution in [-0.2, 0) is 9.84 Å². The van der Waals surface area contributed by atoms with Crippen LogP contribution < -0.4 is 14.8 Å². The van der Waals surface area contributed by atoms with Crippen LogP contribution in [0.1, 0.15) is 18.1 Å². The molecule has 0 spiro atoms. The van der Waals surface area contributed by atoms with E-state index in [1.807, 2.05) is 42.5 Å². The van der Waals surface area contributed by atoms with Gasteiger partial charge in [-0.3, -0.25) is 4.57 Å². The average molecular weight is 536 g/mol. The largest absolute Gasteiger partial charge is 0.494 e.